The highest BCUT2D eigenvalue weighted by atomic mass is 35.5. The summed E-state index contributed by atoms with van der Waals surface area (Å²) in [7, 11) is 0. The first-order valence-corrected chi connectivity index (χ1v) is 5.94. The standard InChI is InChI=1S/C14H13ClN2/c1-11-14(9-6-10-15)12(2)17(16-11)13-7-4-3-5-8-13/h3-5,7-8H,10H2,1-2H3. The summed E-state index contributed by atoms with van der Waals surface area (Å²) < 4.78 is 1.91. The number of alkyl halides is 1. The average Bonchev–Trinajstić information content (AvgIpc) is 2.64. The van der Waals surface area contributed by atoms with Crippen LogP contribution in [0.1, 0.15) is 17.0 Å². The van der Waals surface area contributed by atoms with Crippen LogP contribution in [0.15, 0.2) is 30.3 Å². The third-order valence-electron chi connectivity index (χ3n) is 2.57. The lowest BCUT2D eigenvalue weighted by molar-refractivity contribution is 0.833. The molecule has 0 amide bonds. The normalized spacial score (nSPS) is 9.82. The van der Waals surface area contributed by atoms with E-state index in [4.69, 9.17) is 11.6 Å². The predicted octanol–water partition coefficient (Wildman–Crippen LogP) is 3.08. The minimum atomic E-state index is 0.343. The Kier molecular flexibility index (Phi) is 3.51. The fourth-order valence-electron chi connectivity index (χ4n) is 1.77. The fourth-order valence-corrected chi connectivity index (χ4v) is 1.83. The molecule has 0 spiro atoms. The molecule has 1 aromatic carbocycles. The van der Waals surface area contributed by atoms with Crippen molar-refractivity contribution in [2.75, 3.05) is 5.88 Å². The van der Waals surface area contributed by atoms with E-state index in [-0.39, 0.29) is 0 Å². The molecule has 2 nitrogen and oxygen atoms in total. The summed E-state index contributed by atoms with van der Waals surface area (Å²) in [5.74, 6) is 6.27. The second-order valence-electron chi connectivity index (χ2n) is 3.73. The molecular weight excluding hydrogens is 232 g/mol. The Bertz CT molecular complexity index is 574. The molecule has 17 heavy (non-hydrogen) atoms. The third kappa shape index (κ3) is 2.35. The van der Waals surface area contributed by atoms with Gasteiger partial charge in [0, 0.05) is 0 Å². The second kappa shape index (κ2) is 5.07. The van der Waals surface area contributed by atoms with Crippen LogP contribution in [0.3, 0.4) is 0 Å². The molecule has 86 valence electrons. The van der Waals surface area contributed by atoms with Gasteiger partial charge in [-0.3, -0.25) is 0 Å². The van der Waals surface area contributed by atoms with E-state index >= 15 is 0 Å². The van der Waals surface area contributed by atoms with Crippen molar-refractivity contribution in [2.24, 2.45) is 0 Å². The minimum Gasteiger partial charge on any atom is -0.237 e. The van der Waals surface area contributed by atoms with Crippen LogP contribution in [0.4, 0.5) is 0 Å². The van der Waals surface area contributed by atoms with Gasteiger partial charge in [0.1, 0.15) is 0 Å². The number of halogens is 1. The van der Waals surface area contributed by atoms with E-state index < -0.39 is 0 Å². The SMILES string of the molecule is Cc1nn(-c2ccccc2)c(C)c1C#CCCl. The molecule has 2 aromatic rings. The molecule has 1 aromatic heterocycles. The minimum absolute atomic E-state index is 0.343. The first kappa shape index (κ1) is 11.8. The van der Waals surface area contributed by atoms with Gasteiger partial charge < -0.3 is 0 Å². The molecule has 0 radical (unpaired) electrons. The second-order valence-corrected chi connectivity index (χ2v) is 4.00. The Hall–Kier alpha value is -1.72. The van der Waals surface area contributed by atoms with Gasteiger partial charge in [0.2, 0.25) is 0 Å². The van der Waals surface area contributed by atoms with Gasteiger partial charge in [-0.25, -0.2) is 4.68 Å². The third-order valence-corrected chi connectivity index (χ3v) is 2.71. The quantitative estimate of drug-likeness (QED) is 0.557. The highest BCUT2D eigenvalue weighted by Gasteiger charge is 2.10. The molecule has 0 bridgehead atoms. The van der Waals surface area contributed by atoms with Crippen LogP contribution in [-0.2, 0) is 0 Å². The number of hydrogen-bond donors (Lipinski definition) is 0. The molecule has 2 rings (SSSR count). The summed E-state index contributed by atoms with van der Waals surface area (Å²) in [6.07, 6.45) is 0. The molecule has 0 unspecified atom stereocenters. The van der Waals surface area contributed by atoms with E-state index in [1.54, 1.807) is 0 Å². The zero-order valence-electron chi connectivity index (χ0n) is 9.87. The first-order chi connectivity index (χ1) is 8.24. The Labute approximate surface area is 106 Å². The van der Waals surface area contributed by atoms with Crippen molar-refractivity contribution in [2.45, 2.75) is 13.8 Å². The number of nitrogens with zero attached hydrogens (tertiary/aromatic N) is 2. The maximum atomic E-state index is 5.58. The number of hydrogen-bond acceptors (Lipinski definition) is 1. The molecule has 0 N–H and O–H groups in total. The number of rotatable bonds is 1. The highest BCUT2D eigenvalue weighted by Crippen LogP contribution is 2.16. The zero-order chi connectivity index (χ0) is 12.3. The Morgan fingerprint density at radius 1 is 1.24 bits per heavy atom. The number of benzene rings is 1. The summed E-state index contributed by atoms with van der Waals surface area (Å²) in [6.45, 7) is 3.98. The molecule has 0 aliphatic rings. The largest absolute Gasteiger partial charge is 0.237 e. The average molecular weight is 245 g/mol. The van der Waals surface area contributed by atoms with Crippen molar-refractivity contribution < 1.29 is 0 Å². The van der Waals surface area contributed by atoms with Gasteiger partial charge in [-0.1, -0.05) is 30.0 Å². The molecule has 0 atom stereocenters. The van der Waals surface area contributed by atoms with Gasteiger partial charge in [-0.05, 0) is 26.0 Å². The zero-order valence-corrected chi connectivity index (χ0v) is 10.6. The van der Waals surface area contributed by atoms with Crippen molar-refractivity contribution in [1.29, 1.82) is 0 Å². The van der Waals surface area contributed by atoms with Gasteiger partial charge in [-0.2, -0.15) is 5.10 Å². The Balaban J connectivity index is 2.52. The van der Waals surface area contributed by atoms with Crippen molar-refractivity contribution in [3.63, 3.8) is 0 Å². The predicted molar refractivity (Wildman–Crippen MR) is 70.6 cm³/mol. The summed E-state index contributed by atoms with van der Waals surface area (Å²) in [4.78, 5) is 0. The fraction of sp³-hybridized carbons (Fsp3) is 0.214. The van der Waals surface area contributed by atoms with E-state index in [1.807, 2.05) is 48.9 Å². The molecule has 3 heteroatoms. The van der Waals surface area contributed by atoms with Crippen molar-refractivity contribution in [3.8, 4) is 17.5 Å². The number of aromatic nitrogens is 2. The summed E-state index contributed by atoms with van der Waals surface area (Å²) in [6, 6.07) is 10.0. The first-order valence-electron chi connectivity index (χ1n) is 5.40. The van der Waals surface area contributed by atoms with Gasteiger partial charge >= 0.3 is 0 Å². The van der Waals surface area contributed by atoms with Crippen LogP contribution >= 0.6 is 11.6 Å². The van der Waals surface area contributed by atoms with Crippen LogP contribution < -0.4 is 0 Å². The molecule has 0 saturated heterocycles. The van der Waals surface area contributed by atoms with Crippen molar-refractivity contribution >= 4 is 11.6 Å². The highest BCUT2D eigenvalue weighted by molar-refractivity contribution is 6.19. The topological polar surface area (TPSA) is 17.8 Å². The molecule has 0 fully saturated rings. The monoisotopic (exact) mass is 244 g/mol. The number of aryl methyl sites for hydroxylation is 1. The molecule has 0 aliphatic heterocycles. The van der Waals surface area contributed by atoms with Crippen LogP contribution in [0.2, 0.25) is 0 Å². The van der Waals surface area contributed by atoms with Crippen LogP contribution in [0, 0.1) is 25.7 Å². The van der Waals surface area contributed by atoms with Crippen LogP contribution in [0.5, 0.6) is 0 Å². The Morgan fingerprint density at radius 2 is 1.94 bits per heavy atom. The summed E-state index contributed by atoms with van der Waals surface area (Å²) in [5, 5.41) is 4.50. The lowest BCUT2D eigenvalue weighted by Crippen LogP contribution is -1.98. The molecule has 1 heterocycles. The van der Waals surface area contributed by atoms with Crippen LogP contribution in [0.25, 0.3) is 5.69 Å². The van der Waals surface area contributed by atoms with Gasteiger partial charge in [0.15, 0.2) is 0 Å². The van der Waals surface area contributed by atoms with Crippen molar-refractivity contribution in [3.05, 3.63) is 47.3 Å². The van der Waals surface area contributed by atoms with E-state index in [1.165, 1.54) is 0 Å². The smallest absolute Gasteiger partial charge is 0.0839 e. The summed E-state index contributed by atoms with van der Waals surface area (Å²) >= 11 is 5.58. The van der Waals surface area contributed by atoms with E-state index in [0.717, 1.165) is 22.6 Å². The van der Waals surface area contributed by atoms with Crippen molar-refractivity contribution in [1.82, 2.24) is 9.78 Å². The van der Waals surface area contributed by atoms with Gasteiger partial charge in [-0.15, -0.1) is 11.6 Å². The molecule has 0 saturated carbocycles. The number of para-hydroxylation sites is 1. The molecule has 0 aliphatic carbocycles. The summed E-state index contributed by atoms with van der Waals surface area (Å²) in [5.41, 5.74) is 4.00. The van der Waals surface area contributed by atoms with E-state index in [9.17, 15) is 0 Å². The Morgan fingerprint density at radius 3 is 2.59 bits per heavy atom. The van der Waals surface area contributed by atoms with E-state index in [0.29, 0.717) is 5.88 Å². The maximum absolute atomic E-state index is 5.58. The van der Waals surface area contributed by atoms with Gasteiger partial charge in [0.05, 0.1) is 28.5 Å². The van der Waals surface area contributed by atoms with Gasteiger partial charge in [0.25, 0.3) is 0 Å². The van der Waals surface area contributed by atoms with E-state index in [2.05, 4.69) is 16.9 Å². The van der Waals surface area contributed by atoms with Crippen LogP contribution in [-0.4, -0.2) is 15.7 Å². The molecular formula is C14H13ClN2. The lowest BCUT2D eigenvalue weighted by atomic mass is 10.2. The maximum Gasteiger partial charge on any atom is 0.0839 e. The lowest BCUT2D eigenvalue weighted by Gasteiger charge is -2.02.